The van der Waals surface area contributed by atoms with E-state index in [0.717, 1.165) is 33.8 Å². The number of rotatable bonds is 4. The third-order valence-corrected chi connectivity index (χ3v) is 4.90. The molecule has 2 aromatic heterocycles. The van der Waals surface area contributed by atoms with Crippen molar-refractivity contribution in [2.45, 2.75) is 20.3 Å². The monoisotopic (exact) mass is 373 g/mol. The molecule has 2 N–H and O–H groups in total. The quantitative estimate of drug-likeness (QED) is 0.572. The van der Waals surface area contributed by atoms with E-state index in [4.69, 9.17) is 5.11 Å². The van der Waals surface area contributed by atoms with E-state index in [-0.39, 0.29) is 5.56 Å². The molecule has 0 spiro atoms. The predicted octanol–water partition coefficient (Wildman–Crippen LogP) is 3.60. The van der Waals surface area contributed by atoms with Crippen LogP contribution in [0.5, 0.6) is 0 Å². The minimum atomic E-state index is -1.29. The molecular formula is C22H19N3O3. The molecule has 0 aliphatic carbocycles. The van der Waals surface area contributed by atoms with E-state index in [2.05, 4.69) is 60.3 Å². The van der Waals surface area contributed by atoms with E-state index in [1.165, 1.54) is 16.7 Å². The van der Waals surface area contributed by atoms with Crippen LogP contribution < -0.4 is 5.56 Å². The second-order valence-corrected chi connectivity index (χ2v) is 6.94. The second kappa shape index (κ2) is 6.81. The van der Waals surface area contributed by atoms with Gasteiger partial charge in [0.15, 0.2) is 5.65 Å². The number of nitrogens with zero attached hydrogens (tertiary/aromatic N) is 2. The second-order valence-electron chi connectivity index (χ2n) is 6.94. The number of carboxylic acids is 1. The predicted molar refractivity (Wildman–Crippen MR) is 107 cm³/mol. The molecule has 6 nitrogen and oxygen atoms in total. The van der Waals surface area contributed by atoms with Crippen LogP contribution in [0.2, 0.25) is 0 Å². The molecule has 0 radical (unpaired) electrons. The maximum absolute atomic E-state index is 12.3. The Hall–Kier alpha value is -3.67. The molecule has 0 unspecified atom stereocenters. The van der Waals surface area contributed by atoms with Crippen LogP contribution in [0, 0.1) is 13.8 Å². The van der Waals surface area contributed by atoms with Crippen LogP contribution in [-0.2, 0) is 6.42 Å². The molecule has 2 heterocycles. The number of hydrogen-bond acceptors (Lipinski definition) is 3. The fourth-order valence-electron chi connectivity index (χ4n) is 3.42. The van der Waals surface area contributed by atoms with Crippen molar-refractivity contribution in [3.63, 3.8) is 0 Å². The van der Waals surface area contributed by atoms with Gasteiger partial charge in [-0.2, -0.15) is 0 Å². The number of nitrogens with one attached hydrogen (secondary N) is 1. The molecule has 0 aliphatic heterocycles. The van der Waals surface area contributed by atoms with Gasteiger partial charge in [-0.3, -0.25) is 9.89 Å². The summed E-state index contributed by atoms with van der Waals surface area (Å²) in [4.78, 5) is 27.6. The molecule has 4 aromatic rings. The Labute approximate surface area is 161 Å². The topological polar surface area (TPSA) is 87.5 Å². The van der Waals surface area contributed by atoms with Crippen LogP contribution in [0.25, 0.3) is 16.8 Å². The molecule has 0 aliphatic rings. The lowest BCUT2D eigenvalue weighted by molar-refractivity contribution is 0.0694. The van der Waals surface area contributed by atoms with Crippen molar-refractivity contribution in [3.05, 3.63) is 93.0 Å². The summed E-state index contributed by atoms with van der Waals surface area (Å²) in [5, 5.41) is 11.9. The first-order valence-electron chi connectivity index (χ1n) is 8.92. The summed E-state index contributed by atoms with van der Waals surface area (Å²) in [7, 11) is 0. The summed E-state index contributed by atoms with van der Waals surface area (Å²) in [5.74, 6) is -1.29. The van der Waals surface area contributed by atoms with Crippen molar-refractivity contribution in [2.24, 2.45) is 0 Å². The molecule has 0 saturated carbocycles. The van der Waals surface area contributed by atoms with Crippen LogP contribution in [0.3, 0.4) is 0 Å². The maximum atomic E-state index is 12.3. The molecule has 0 saturated heterocycles. The summed E-state index contributed by atoms with van der Waals surface area (Å²) >= 11 is 0. The fraction of sp³-hybridized carbons (Fsp3) is 0.136. The van der Waals surface area contributed by atoms with E-state index in [0.29, 0.717) is 5.65 Å². The number of aromatic amines is 1. The van der Waals surface area contributed by atoms with Gasteiger partial charge in [0.1, 0.15) is 5.56 Å². The van der Waals surface area contributed by atoms with Gasteiger partial charge in [0.25, 0.3) is 5.56 Å². The summed E-state index contributed by atoms with van der Waals surface area (Å²) in [6.07, 6.45) is 3.63. The Morgan fingerprint density at radius 1 is 1.18 bits per heavy atom. The molecule has 0 fully saturated rings. The standard InChI is InChI=1S/C22H19N3O3/c1-13-4-3-5-15(8-13)10-16-6-7-17(9-14(16)2)18-12-24-25-20(18)23-11-19(21(25)26)22(27)28/h3-9,11-12,24H,10H2,1-2H3,(H,27,28). The van der Waals surface area contributed by atoms with E-state index in [1.807, 2.05) is 6.07 Å². The molecule has 28 heavy (non-hydrogen) atoms. The lowest BCUT2D eigenvalue weighted by atomic mass is 9.96. The zero-order valence-corrected chi connectivity index (χ0v) is 15.6. The van der Waals surface area contributed by atoms with Crippen molar-refractivity contribution in [1.29, 1.82) is 0 Å². The van der Waals surface area contributed by atoms with Crippen LogP contribution in [0.15, 0.2) is 59.7 Å². The third kappa shape index (κ3) is 3.09. The fourth-order valence-corrected chi connectivity index (χ4v) is 3.42. The Morgan fingerprint density at radius 3 is 2.71 bits per heavy atom. The summed E-state index contributed by atoms with van der Waals surface area (Å²) in [5.41, 5.74) is 5.95. The number of hydrogen-bond donors (Lipinski definition) is 2. The number of carboxylic acid groups (broad SMARTS) is 1. The average Bonchev–Trinajstić information content (AvgIpc) is 3.08. The van der Waals surface area contributed by atoms with E-state index in [1.54, 1.807) is 6.20 Å². The van der Waals surface area contributed by atoms with Gasteiger partial charge in [0.05, 0.1) is 0 Å². The van der Waals surface area contributed by atoms with Crippen molar-refractivity contribution in [2.75, 3.05) is 0 Å². The summed E-state index contributed by atoms with van der Waals surface area (Å²) in [6, 6.07) is 14.6. The number of aromatic nitrogens is 3. The Morgan fingerprint density at radius 2 is 2.00 bits per heavy atom. The molecule has 4 rings (SSSR count). The van der Waals surface area contributed by atoms with E-state index in [9.17, 15) is 9.59 Å². The van der Waals surface area contributed by atoms with E-state index < -0.39 is 11.5 Å². The first kappa shape index (κ1) is 17.7. The van der Waals surface area contributed by atoms with Crippen LogP contribution >= 0.6 is 0 Å². The third-order valence-electron chi connectivity index (χ3n) is 4.90. The molecular weight excluding hydrogens is 354 g/mol. The Bertz CT molecular complexity index is 1270. The van der Waals surface area contributed by atoms with E-state index >= 15 is 0 Å². The lowest BCUT2D eigenvalue weighted by Gasteiger charge is -2.09. The molecule has 2 aromatic carbocycles. The van der Waals surface area contributed by atoms with Gasteiger partial charge in [-0.15, -0.1) is 0 Å². The number of benzene rings is 2. The van der Waals surface area contributed by atoms with Crippen molar-refractivity contribution >= 4 is 11.6 Å². The molecule has 0 atom stereocenters. The van der Waals surface area contributed by atoms with Gasteiger partial charge in [-0.1, -0.05) is 48.0 Å². The Kier molecular flexibility index (Phi) is 4.31. The van der Waals surface area contributed by atoms with Gasteiger partial charge in [-0.05, 0) is 42.5 Å². The number of aromatic carboxylic acids is 1. The minimum absolute atomic E-state index is 0.365. The lowest BCUT2D eigenvalue weighted by Crippen LogP contribution is -2.22. The number of fused-ring (bicyclic) bond motifs is 1. The zero-order chi connectivity index (χ0) is 19.8. The highest BCUT2D eigenvalue weighted by molar-refractivity contribution is 5.87. The summed E-state index contributed by atoms with van der Waals surface area (Å²) in [6.45, 7) is 4.15. The van der Waals surface area contributed by atoms with Crippen LogP contribution in [0.1, 0.15) is 32.6 Å². The molecule has 0 bridgehead atoms. The number of aryl methyl sites for hydroxylation is 2. The smallest absolute Gasteiger partial charge is 0.343 e. The van der Waals surface area contributed by atoms with Gasteiger partial charge in [-0.25, -0.2) is 14.3 Å². The highest BCUT2D eigenvalue weighted by atomic mass is 16.4. The normalized spacial score (nSPS) is 11.1. The highest BCUT2D eigenvalue weighted by Crippen LogP contribution is 2.26. The maximum Gasteiger partial charge on any atom is 0.343 e. The molecule has 6 heteroatoms. The SMILES string of the molecule is Cc1cccc(Cc2ccc(-c3c[nH]n4c(=O)c(C(=O)O)cnc34)cc2C)c1. The Balaban J connectivity index is 1.72. The minimum Gasteiger partial charge on any atom is -0.477 e. The van der Waals surface area contributed by atoms with Crippen molar-refractivity contribution < 1.29 is 9.90 Å². The highest BCUT2D eigenvalue weighted by Gasteiger charge is 2.16. The number of H-pyrrole nitrogens is 1. The first-order chi connectivity index (χ1) is 13.4. The van der Waals surface area contributed by atoms with Gasteiger partial charge >= 0.3 is 5.97 Å². The van der Waals surface area contributed by atoms with Crippen molar-refractivity contribution in [1.82, 2.24) is 14.6 Å². The van der Waals surface area contributed by atoms with Crippen molar-refractivity contribution in [3.8, 4) is 11.1 Å². The number of carbonyl (C=O) groups is 1. The van der Waals surface area contributed by atoms with Crippen LogP contribution in [-0.4, -0.2) is 25.7 Å². The molecule has 0 amide bonds. The largest absolute Gasteiger partial charge is 0.477 e. The zero-order valence-electron chi connectivity index (χ0n) is 15.6. The first-order valence-corrected chi connectivity index (χ1v) is 8.92. The van der Waals surface area contributed by atoms with Gasteiger partial charge in [0, 0.05) is 18.0 Å². The van der Waals surface area contributed by atoms with Gasteiger partial charge in [0.2, 0.25) is 0 Å². The average molecular weight is 373 g/mol. The summed E-state index contributed by atoms with van der Waals surface area (Å²) < 4.78 is 1.16. The van der Waals surface area contributed by atoms with Crippen LogP contribution in [0.4, 0.5) is 0 Å². The molecule has 140 valence electrons. The van der Waals surface area contributed by atoms with Gasteiger partial charge < -0.3 is 5.11 Å².